The first-order valence-corrected chi connectivity index (χ1v) is 3.10. The van der Waals surface area contributed by atoms with E-state index in [0.29, 0.717) is 0 Å². The summed E-state index contributed by atoms with van der Waals surface area (Å²) in [4.78, 5) is 12.0. The summed E-state index contributed by atoms with van der Waals surface area (Å²) in [5, 5.41) is 0. The molecule has 77 valence electrons. The van der Waals surface area contributed by atoms with E-state index in [4.69, 9.17) is 4.74 Å². The van der Waals surface area contributed by atoms with E-state index in [-0.39, 0.29) is 29.5 Å². The Morgan fingerprint density at radius 1 is 1.42 bits per heavy atom. The van der Waals surface area contributed by atoms with Crippen LogP contribution in [-0.2, 0) is 21.8 Å². The predicted molar refractivity (Wildman–Crippen MR) is 39.4 cm³/mol. The Balaban J connectivity index is -0.000000405. The van der Waals surface area contributed by atoms with Gasteiger partial charge in [-0.2, -0.15) is 0 Å². The average molecular weight is 243 g/mol. The van der Waals surface area contributed by atoms with Crippen LogP contribution in [0.5, 0.6) is 0 Å². The number of amides is 1. The Morgan fingerprint density at radius 3 is 1.83 bits per heavy atom. The second-order valence-electron chi connectivity index (χ2n) is 3.18. The summed E-state index contributed by atoms with van der Waals surface area (Å²) in [5.41, 5.74) is -0.428. The van der Waals surface area contributed by atoms with Crippen molar-refractivity contribution >= 4 is 6.09 Å². The fourth-order valence-corrected chi connectivity index (χ4v) is 0.340. The Morgan fingerprint density at radius 2 is 1.75 bits per heavy atom. The first-order chi connectivity index (χ1) is 4.33. The topological polar surface area (TPSA) is 29.5 Å². The molecule has 0 aromatic rings. The number of carbonyl (C=O) groups excluding carboxylic acids is 1. The number of hydrogen-bond donors (Lipinski definition) is 0. The molecule has 0 aliphatic carbocycles. The third kappa shape index (κ3) is 10.1. The van der Waals surface area contributed by atoms with E-state index in [1.165, 1.54) is 0 Å². The van der Waals surface area contributed by atoms with Gasteiger partial charge in [-0.15, -0.1) is 0 Å². The van der Waals surface area contributed by atoms with Crippen LogP contribution < -0.4 is 12.4 Å². The minimum atomic E-state index is -0.428. The van der Waals surface area contributed by atoms with Crippen LogP contribution in [-0.4, -0.2) is 23.6 Å². The van der Waals surface area contributed by atoms with Crippen molar-refractivity contribution in [3.63, 3.8) is 0 Å². The van der Waals surface area contributed by atoms with Gasteiger partial charge in [0, 0.05) is 14.1 Å². The standard InChI is InChI=1S/C7H14NO2.ClH.Cu/c1-7(2,3)10-6(9)8(4)5;;/h4H2,1-3,5H3;1H;/q;;+1/p-1. The van der Waals surface area contributed by atoms with Gasteiger partial charge in [-0.05, 0) is 20.8 Å². The summed E-state index contributed by atoms with van der Waals surface area (Å²) < 4.78 is 4.92. The minimum Gasteiger partial charge on any atom is -1.00 e. The summed E-state index contributed by atoms with van der Waals surface area (Å²) in [6.07, 6.45) is -0.410. The number of carbonyl (C=O) groups is 1. The molecule has 5 heteroatoms. The fraction of sp³-hybridized carbons (Fsp3) is 0.714. The van der Waals surface area contributed by atoms with Crippen LogP contribution >= 0.6 is 0 Å². The molecule has 0 aliphatic rings. The molecule has 0 unspecified atom stereocenters. The molecule has 0 atom stereocenters. The van der Waals surface area contributed by atoms with Gasteiger partial charge in [-0.25, -0.2) is 4.79 Å². The molecule has 0 saturated carbocycles. The summed E-state index contributed by atoms with van der Waals surface area (Å²) in [5.74, 6) is 0. The summed E-state index contributed by atoms with van der Waals surface area (Å²) in [6.45, 7) is 5.44. The summed E-state index contributed by atoms with van der Waals surface area (Å²) in [6, 6.07) is 0. The molecule has 1 amide bonds. The molecular weight excluding hydrogens is 229 g/mol. The third-order valence-corrected chi connectivity index (χ3v) is 0.705. The zero-order valence-corrected chi connectivity index (χ0v) is 9.35. The van der Waals surface area contributed by atoms with Gasteiger partial charge >= 0.3 is 23.2 Å². The molecule has 3 nitrogen and oxygen atoms in total. The number of hydrogen-bond acceptors (Lipinski definition) is 2. The quantitative estimate of drug-likeness (QED) is 0.492. The maximum Gasteiger partial charge on any atom is 1.00 e. The minimum absolute atomic E-state index is 0. The second kappa shape index (κ2) is 6.58. The molecule has 0 N–H and O–H groups in total. The Bertz CT molecular complexity index is 134. The molecule has 0 saturated heterocycles. The van der Waals surface area contributed by atoms with Crippen LogP contribution in [0.15, 0.2) is 0 Å². The molecule has 0 aliphatic heterocycles. The molecule has 0 bridgehead atoms. The van der Waals surface area contributed by atoms with Gasteiger partial charge in [0.15, 0.2) is 0 Å². The zero-order chi connectivity index (χ0) is 8.36. The van der Waals surface area contributed by atoms with Gasteiger partial charge in [0.05, 0.1) is 0 Å². The van der Waals surface area contributed by atoms with Gasteiger partial charge < -0.3 is 22.0 Å². The summed E-state index contributed by atoms with van der Waals surface area (Å²) in [7, 11) is 4.93. The molecule has 0 rings (SSSR count). The van der Waals surface area contributed by atoms with Crippen molar-refractivity contribution in [2.45, 2.75) is 26.4 Å². The Hall–Kier alpha value is 0.0795. The van der Waals surface area contributed by atoms with Gasteiger partial charge in [-0.1, -0.05) is 0 Å². The van der Waals surface area contributed by atoms with Crippen molar-refractivity contribution in [2.75, 3.05) is 7.05 Å². The van der Waals surface area contributed by atoms with Crippen molar-refractivity contribution in [2.24, 2.45) is 0 Å². The van der Waals surface area contributed by atoms with Gasteiger partial charge in [-0.3, -0.25) is 0 Å². The van der Waals surface area contributed by atoms with E-state index in [1.807, 2.05) is 20.8 Å². The van der Waals surface area contributed by atoms with Gasteiger partial charge in [0.1, 0.15) is 5.60 Å². The van der Waals surface area contributed by atoms with Crippen LogP contribution in [0.1, 0.15) is 20.8 Å². The number of halogens is 1. The number of rotatable bonds is 0. The maximum atomic E-state index is 10.8. The molecule has 0 spiro atoms. The first kappa shape index (κ1) is 18.0. The monoisotopic (exact) mass is 242 g/mol. The van der Waals surface area contributed by atoms with Gasteiger partial charge in [0.25, 0.3) is 0 Å². The summed E-state index contributed by atoms with van der Waals surface area (Å²) >= 11 is 0. The average Bonchev–Trinajstić information content (AvgIpc) is 1.60. The molecule has 0 fully saturated rings. The fourth-order valence-electron chi connectivity index (χ4n) is 0.340. The van der Waals surface area contributed by atoms with E-state index < -0.39 is 11.7 Å². The van der Waals surface area contributed by atoms with Crippen LogP contribution in [0.3, 0.4) is 0 Å². The smallest absolute Gasteiger partial charge is 1.00 e. The maximum absolute atomic E-state index is 10.8. The van der Waals surface area contributed by atoms with Gasteiger partial charge in [0.2, 0.25) is 0 Å². The van der Waals surface area contributed by atoms with Crippen LogP contribution in [0.25, 0.3) is 0 Å². The van der Waals surface area contributed by atoms with Crippen molar-refractivity contribution in [1.82, 2.24) is 4.90 Å². The van der Waals surface area contributed by atoms with Crippen molar-refractivity contribution in [3.05, 3.63) is 7.05 Å². The second-order valence-corrected chi connectivity index (χ2v) is 3.18. The molecule has 0 aromatic carbocycles. The number of nitrogens with zero attached hydrogens (tertiary/aromatic N) is 1. The normalized spacial score (nSPS) is 9.08. The van der Waals surface area contributed by atoms with Crippen molar-refractivity contribution in [1.29, 1.82) is 0 Å². The van der Waals surface area contributed by atoms with E-state index in [2.05, 4.69) is 7.05 Å². The zero-order valence-electron chi connectivity index (χ0n) is 7.65. The van der Waals surface area contributed by atoms with E-state index in [9.17, 15) is 4.79 Å². The largest absolute Gasteiger partial charge is 1.00 e. The Kier molecular flexibility index (Phi) is 9.86. The predicted octanol–water partition coefficient (Wildman–Crippen LogP) is -1.35. The van der Waals surface area contributed by atoms with E-state index >= 15 is 0 Å². The van der Waals surface area contributed by atoms with Crippen LogP contribution in [0, 0.1) is 7.05 Å². The number of ether oxygens (including phenoxy) is 1. The van der Waals surface area contributed by atoms with Crippen molar-refractivity contribution < 1.29 is 39.0 Å². The molecule has 0 heterocycles. The Labute approximate surface area is 90.7 Å². The third-order valence-electron chi connectivity index (χ3n) is 0.705. The molecule has 0 aromatic heterocycles. The van der Waals surface area contributed by atoms with Crippen molar-refractivity contribution in [3.8, 4) is 0 Å². The molecule has 12 heavy (non-hydrogen) atoms. The van der Waals surface area contributed by atoms with Crippen LogP contribution in [0.4, 0.5) is 4.79 Å². The SMILES string of the molecule is [CH2]N(C)C(=O)OC(C)(C)C.[Cl-].[Cu+]. The molecule has 1 radical (unpaired) electrons. The van der Waals surface area contributed by atoms with Crippen LogP contribution in [0.2, 0.25) is 0 Å². The molecular formula is C7H14ClCuNO2. The first-order valence-electron chi connectivity index (χ1n) is 3.10. The van der Waals surface area contributed by atoms with E-state index in [1.54, 1.807) is 7.05 Å². The van der Waals surface area contributed by atoms with E-state index in [0.717, 1.165) is 4.90 Å².